The first kappa shape index (κ1) is 11.8. The summed E-state index contributed by atoms with van der Waals surface area (Å²) in [5.74, 6) is 0. The van der Waals surface area contributed by atoms with E-state index < -0.39 is 25.3 Å². The fourth-order valence-electron chi connectivity index (χ4n) is 1.03. The molecule has 0 aromatic heterocycles. The SMILES string of the molecule is C[CH](C)[Ti][S](=O)(=O)c1ccc(N)cc1. The maximum atomic E-state index is 11.8. The summed E-state index contributed by atoms with van der Waals surface area (Å²) in [5, 5.41) is 0. The molecule has 0 saturated carbocycles. The maximum absolute atomic E-state index is 11.8. The van der Waals surface area contributed by atoms with Crippen molar-refractivity contribution in [2.45, 2.75) is 23.0 Å². The normalized spacial score (nSPS) is 11.6. The Morgan fingerprint density at radius 3 is 2.14 bits per heavy atom. The van der Waals surface area contributed by atoms with Gasteiger partial charge in [-0.3, -0.25) is 0 Å². The summed E-state index contributed by atoms with van der Waals surface area (Å²) in [7, 11) is -3.01. The van der Waals surface area contributed by atoms with Crippen LogP contribution in [0, 0.1) is 0 Å². The Bertz CT molecular complexity index is 397. The molecule has 0 atom stereocenters. The molecule has 0 heterocycles. The first-order valence-corrected chi connectivity index (χ1v) is 8.59. The van der Waals surface area contributed by atoms with Crippen molar-refractivity contribution in [3.05, 3.63) is 24.3 Å². The quantitative estimate of drug-likeness (QED) is 0.655. The number of rotatable bonds is 3. The van der Waals surface area contributed by atoms with Crippen LogP contribution >= 0.6 is 0 Å². The molecule has 0 aliphatic rings. The molecule has 2 N–H and O–H groups in total. The topological polar surface area (TPSA) is 60.2 Å². The van der Waals surface area contributed by atoms with Crippen molar-refractivity contribution in [2.24, 2.45) is 0 Å². The van der Waals surface area contributed by atoms with E-state index in [1.807, 2.05) is 13.8 Å². The summed E-state index contributed by atoms with van der Waals surface area (Å²) in [6.45, 7) is 3.88. The average molecular weight is 247 g/mol. The van der Waals surface area contributed by atoms with Crippen molar-refractivity contribution >= 4 is 13.1 Å². The van der Waals surface area contributed by atoms with Crippen LogP contribution in [0.25, 0.3) is 0 Å². The summed E-state index contributed by atoms with van der Waals surface area (Å²) >= 11 is -0.977. The van der Waals surface area contributed by atoms with Gasteiger partial charge in [0.25, 0.3) is 0 Å². The third-order valence-electron chi connectivity index (χ3n) is 1.58. The van der Waals surface area contributed by atoms with Gasteiger partial charge in [-0.05, 0) is 0 Å². The first-order valence-electron chi connectivity index (χ1n) is 4.29. The molecule has 0 aliphatic carbocycles. The van der Waals surface area contributed by atoms with Gasteiger partial charge < -0.3 is 0 Å². The van der Waals surface area contributed by atoms with Crippen LogP contribution in [0.15, 0.2) is 29.2 Å². The van der Waals surface area contributed by atoms with Crippen molar-refractivity contribution in [1.29, 1.82) is 0 Å². The van der Waals surface area contributed by atoms with Gasteiger partial charge in [0.1, 0.15) is 0 Å². The van der Waals surface area contributed by atoms with Crippen molar-refractivity contribution < 1.29 is 26.3 Å². The molecule has 14 heavy (non-hydrogen) atoms. The number of benzene rings is 1. The molecule has 0 fully saturated rings. The van der Waals surface area contributed by atoms with E-state index >= 15 is 0 Å². The molecule has 0 bridgehead atoms. The molecular weight excluding hydrogens is 234 g/mol. The molecule has 0 amide bonds. The summed E-state index contributed by atoms with van der Waals surface area (Å²) in [6.07, 6.45) is 0. The van der Waals surface area contributed by atoms with Gasteiger partial charge >= 0.3 is 92.3 Å². The van der Waals surface area contributed by atoms with Gasteiger partial charge in [0.05, 0.1) is 0 Å². The second-order valence-electron chi connectivity index (χ2n) is 3.35. The van der Waals surface area contributed by atoms with Gasteiger partial charge in [-0.1, -0.05) is 0 Å². The van der Waals surface area contributed by atoms with E-state index in [0.29, 0.717) is 10.6 Å². The van der Waals surface area contributed by atoms with Crippen LogP contribution in [0.1, 0.15) is 13.8 Å². The van der Waals surface area contributed by atoms with Crippen LogP contribution in [0.2, 0.25) is 4.22 Å². The summed E-state index contributed by atoms with van der Waals surface area (Å²) in [5.41, 5.74) is 6.08. The second kappa shape index (κ2) is 4.47. The Kier molecular flexibility index (Phi) is 3.75. The molecule has 1 aromatic rings. The van der Waals surface area contributed by atoms with Gasteiger partial charge in [0.2, 0.25) is 0 Å². The van der Waals surface area contributed by atoms with E-state index in [2.05, 4.69) is 0 Å². The molecule has 3 nitrogen and oxygen atoms in total. The van der Waals surface area contributed by atoms with Crippen molar-refractivity contribution in [2.75, 3.05) is 5.73 Å². The Balaban J connectivity index is 2.99. The van der Waals surface area contributed by atoms with Gasteiger partial charge in [-0.2, -0.15) is 0 Å². The molecule has 1 rings (SSSR count). The van der Waals surface area contributed by atoms with Crippen molar-refractivity contribution in [3.63, 3.8) is 0 Å². The zero-order chi connectivity index (χ0) is 10.8. The van der Waals surface area contributed by atoms with Crippen LogP contribution in [0.4, 0.5) is 5.69 Å². The minimum absolute atomic E-state index is 0.262. The first-order chi connectivity index (χ1) is 6.42. The third-order valence-corrected chi connectivity index (χ3v) is 8.02. The number of nitrogens with two attached hydrogens (primary N) is 1. The van der Waals surface area contributed by atoms with Crippen LogP contribution < -0.4 is 5.73 Å². The standard InChI is InChI=1S/C6H6NO2S.C3H7.Ti/c7-5-1-3-6(4-2-5)10(8)9;1-3-2;/h1-4H,7H2;3H,1-2H3;. The molecule has 1 aromatic carbocycles. The van der Waals surface area contributed by atoms with Crippen molar-refractivity contribution in [3.8, 4) is 0 Å². The van der Waals surface area contributed by atoms with Gasteiger partial charge in [-0.25, -0.2) is 0 Å². The van der Waals surface area contributed by atoms with Gasteiger partial charge in [0, 0.05) is 0 Å². The molecule has 76 valence electrons. The van der Waals surface area contributed by atoms with E-state index in [1.54, 1.807) is 24.3 Å². The van der Waals surface area contributed by atoms with E-state index in [-0.39, 0.29) is 4.22 Å². The van der Waals surface area contributed by atoms with E-state index in [9.17, 15) is 8.42 Å². The van der Waals surface area contributed by atoms with Crippen LogP contribution in [0.5, 0.6) is 0 Å². The zero-order valence-corrected chi connectivity index (χ0v) is 10.6. The van der Waals surface area contributed by atoms with E-state index in [1.165, 1.54) is 0 Å². The number of hydrogen-bond donors (Lipinski definition) is 1. The average Bonchev–Trinajstić information content (AvgIpc) is 2.02. The minimum atomic E-state index is -3.01. The Morgan fingerprint density at radius 2 is 1.71 bits per heavy atom. The predicted octanol–water partition coefficient (Wildman–Crippen LogP) is 1.87. The predicted molar refractivity (Wildman–Crippen MR) is 53.1 cm³/mol. The summed E-state index contributed by atoms with van der Waals surface area (Å²) in [4.78, 5) is 0.403. The van der Waals surface area contributed by atoms with Crippen LogP contribution in [0.3, 0.4) is 0 Å². The molecule has 0 saturated heterocycles. The number of anilines is 1. The van der Waals surface area contributed by atoms with Gasteiger partial charge in [0.15, 0.2) is 0 Å². The number of nitrogen functional groups attached to an aromatic ring is 1. The summed E-state index contributed by atoms with van der Waals surface area (Å²) < 4.78 is 23.8. The molecule has 5 heteroatoms. The fraction of sp³-hybridized carbons (Fsp3) is 0.333. The van der Waals surface area contributed by atoms with Gasteiger partial charge in [-0.15, -0.1) is 0 Å². The molecule has 0 spiro atoms. The second-order valence-corrected chi connectivity index (χ2v) is 10.5. The molecule has 0 radical (unpaired) electrons. The monoisotopic (exact) mass is 247 g/mol. The molecule has 0 unspecified atom stereocenters. The fourth-order valence-corrected chi connectivity index (χ4v) is 6.46. The third kappa shape index (κ3) is 3.12. The zero-order valence-electron chi connectivity index (χ0n) is 8.19. The van der Waals surface area contributed by atoms with Crippen molar-refractivity contribution in [1.82, 2.24) is 0 Å². The molecular formula is C9H13NO2STi. The van der Waals surface area contributed by atoms with Crippen LogP contribution in [-0.2, 0) is 25.3 Å². The number of hydrogen-bond acceptors (Lipinski definition) is 3. The Labute approximate surface area is 92.2 Å². The Morgan fingerprint density at radius 1 is 1.21 bits per heavy atom. The van der Waals surface area contributed by atoms with E-state index in [4.69, 9.17) is 5.73 Å². The Hall–Kier alpha value is -0.316. The molecule has 0 aliphatic heterocycles. The van der Waals surface area contributed by atoms with Crippen LogP contribution in [-0.4, -0.2) is 8.42 Å². The van der Waals surface area contributed by atoms with E-state index in [0.717, 1.165) is 0 Å². The summed E-state index contributed by atoms with van der Waals surface area (Å²) in [6, 6.07) is 6.41.